The Balaban J connectivity index is 1.80. The van der Waals surface area contributed by atoms with Crippen molar-refractivity contribution in [1.82, 2.24) is 4.98 Å². The Morgan fingerprint density at radius 2 is 1.84 bits per heavy atom. The smallest absolute Gasteiger partial charge is 0.417 e. The number of allylic oxidation sites excluding steroid dienone is 1. The summed E-state index contributed by atoms with van der Waals surface area (Å²) < 4.78 is 46.2. The summed E-state index contributed by atoms with van der Waals surface area (Å²) in [4.78, 5) is 8.85. The fourth-order valence-corrected chi connectivity index (χ4v) is 3.79. The lowest BCUT2D eigenvalue weighted by molar-refractivity contribution is -0.137. The van der Waals surface area contributed by atoms with E-state index in [1.54, 1.807) is 30.6 Å². The van der Waals surface area contributed by atoms with Crippen molar-refractivity contribution in [2.75, 3.05) is 13.7 Å². The Labute approximate surface area is 178 Å². The lowest BCUT2D eigenvalue weighted by Gasteiger charge is -2.18. The van der Waals surface area contributed by atoms with E-state index in [9.17, 15) is 13.2 Å². The van der Waals surface area contributed by atoms with E-state index in [1.165, 1.54) is 19.2 Å². The minimum Gasteiger partial charge on any atom is -0.496 e. The first-order valence-electron chi connectivity index (χ1n) is 9.98. The molecular weight excluding hydrogens is 401 g/mol. The third-order valence-corrected chi connectivity index (χ3v) is 5.20. The average Bonchev–Trinajstić information content (AvgIpc) is 2.79. The number of nitrogens with zero attached hydrogens (tertiary/aromatic N) is 2. The molecule has 3 aromatic rings. The molecule has 0 amide bonds. The molecule has 0 saturated carbocycles. The van der Waals surface area contributed by atoms with Gasteiger partial charge in [-0.15, -0.1) is 0 Å². The van der Waals surface area contributed by atoms with Crippen LogP contribution in [-0.4, -0.2) is 24.4 Å². The molecule has 1 aliphatic heterocycles. The van der Waals surface area contributed by atoms with Crippen molar-refractivity contribution >= 4 is 11.8 Å². The first-order valence-corrected chi connectivity index (χ1v) is 9.98. The van der Waals surface area contributed by atoms with E-state index >= 15 is 0 Å². The van der Waals surface area contributed by atoms with Crippen LogP contribution in [0.15, 0.2) is 77.6 Å². The largest absolute Gasteiger partial charge is 0.496 e. The highest BCUT2D eigenvalue weighted by Gasteiger charge is 2.34. The van der Waals surface area contributed by atoms with Gasteiger partial charge in [-0.25, -0.2) is 0 Å². The molecule has 1 aliphatic rings. The van der Waals surface area contributed by atoms with Gasteiger partial charge in [0.05, 0.1) is 18.4 Å². The molecule has 0 saturated heterocycles. The second-order valence-electron chi connectivity index (χ2n) is 7.25. The molecule has 158 valence electrons. The van der Waals surface area contributed by atoms with Crippen molar-refractivity contribution in [2.24, 2.45) is 4.99 Å². The SMILES string of the molecule is COc1ccc(/C=C2/CCCN=C2c2cccnc2)cc1-c1ccccc1C(F)(F)F. The molecule has 0 atom stereocenters. The van der Waals surface area contributed by atoms with Crippen molar-refractivity contribution in [3.8, 4) is 16.9 Å². The maximum Gasteiger partial charge on any atom is 0.417 e. The van der Waals surface area contributed by atoms with E-state index in [2.05, 4.69) is 9.98 Å². The third-order valence-electron chi connectivity index (χ3n) is 5.20. The van der Waals surface area contributed by atoms with Crippen molar-refractivity contribution in [1.29, 1.82) is 0 Å². The van der Waals surface area contributed by atoms with Crippen molar-refractivity contribution < 1.29 is 17.9 Å². The zero-order valence-corrected chi connectivity index (χ0v) is 17.0. The molecule has 31 heavy (non-hydrogen) atoms. The molecule has 0 fully saturated rings. The highest BCUT2D eigenvalue weighted by molar-refractivity contribution is 6.15. The predicted molar refractivity (Wildman–Crippen MR) is 116 cm³/mol. The van der Waals surface area contributed by atoms with Gasteiger partial charge < -0.3 is 4.74 Å². The highest BCUT2D eigenvalue weighted by Crippen LogP contribution is 2.41. The van der Waals surface area contributed by atoms with Gasteiger partial charge in [0, 0.05) is 30.1 Å². The van der Waals surface area contributed by atoms with E-state index in [1.807, 2.05) is 24.3 Å². The zero-order chi connectivity index (χ0) is 21.8. The maximum atomic E-state index is 13.6. The quantitative estimate of drug-likeness (QED) is 0.485. The van der Waals surface area contributed by atoms with Crippen LogP contribution in [0, 0.1) is 0 Å². The summed E-state index contributed by atoms with van der Waals surface area (Å²) in [5.41, 5.74) is 3.46. The van der Waals surface area contributed by atoms with Gasteiger partial charge in [-0.05, 0) is 65.9 Å². The number of aromatic nitrogens is 1. The molecular formula is C25H21F3N2O. The molecule has 0 radical (unpaired) electrons. The fourth-order valence-electron chi connectivity index (χ4n) is 3.79. The van der Waals surface area contributed by atoms with E-state index in [-0.39, 0.29) is 5.56 Å². The van der Waals surface area contributed by atoms with Gasteiger partial charge in [-0.3, -0.25) is 9.98 Å². The predicted octanol–water partition coefficient (Wildman–Crippen LogP) is 6.44. The monoisotopic (exact) mass is 422 g/mol. The van der Waals surface area contributed by atoms with Crippen LogP contribution in [0.4, 0.5) is 13.2 Å². The van der Waals surface area contributed by atoms with E-state index < -0.39 is 11.7 Å². The van der Waals surface area contributed by atoms with Crippen molar-refractivity contribution in [3.05, 3.63) is 89.3 Å². The summed E-state index contributed by atoms with van der Waals surface area (Å²) in [5.74, 6) is 0.392. The third kappa shape index (κ3) is 4.53. The van der Waals surface area contributed by atoms with Gasteiger partial charge in [0.15, 0.2) is 0 Å². The summed E-state index contributed by atoms with van der Waals surface area (Å²) in [6, 6.07) is 14.7. The standard InChI is InChI=1S/C25H21F3N2O/c1-31-23-11-10-17(15-21(23)20-8-2-3-9-22(20)25(26,27)28)14-18-6-5-13-30-24(18)19-7-4-12-29-16-19/h2-4,7-12,14-16H,5-6,13H2,1H3/b18-14-. The number of ether oxygens (including phenoxy) is 1. The van der Waals surface area contributed by atoms with Crippen LogP contribution in [0.5, 0.6) is 5.75 Å². The summed E-state index contributed by atoms with van der Waals surface area (Å²) >= 11 is 0. The number of hydrogen-bond donors (Lipinski definition) is 0. The number of benzene rings is 2. The number of aliphatic imine (C=N–C) groups is 1. The molecule has 4 rings (SSSR count). The Kier molecular flexibility index (Phi) is 5.89. The molecule has 2 aromatic carbocycles. The average molecular weight is 422 g/mol. The zero-order valence-electron chi connectivity index (χ0n) is 17.0. The van der Waals surface area contributed by atoms with Gasteiger partial charge in [-0.1, -0.05) is 24.3 Å². The van der Waals surface area contributed by atoms with Gasteiger partial charge in [0.25, 0.3) is 0 Å². The topological polar surface area (TPSA) is 34.5 Å². The number of pyridine rings is 1. The van der Waals surface area contributed by atoms with E-state index in [0.29, 0.717) is 11.3 Å². The van der Waals surface area contributed by atoms with Crippen LogP contribution in [0.1, 0.15) is 29.5 Å². The second-order valence-corrected chi connectivity index (χ2v) is 7.25. The first-order chi connectivity index (χ1) is 15.0. The fraction of sp³-hybridized carbons (Fsp3) is 0.200. The Bertz CT molecular complexity index is 1140. The summed E-state index contributed by atoms with van der Waals surface area (Å²) in [7, 11) is 1.46. The summed E-state index contributed by atoms with van der Waals surface area (Å²) in [6.07, 6.45) is 2.79. The summed E-state index contributed by atoms with van der Waals surface area (Å²) in [5, 5.41) is 0. The minimum atomic E-state index is -4.46. The van der Waals surface area contributed by atoms with Crippen LogP contribution in [0.3, 0.4) is 0 Å². The van der Waals surface area contributed by atoms with Gasteiger partial charge in [-0.2, -0.15) is 13.2 Å². The molecule has 0 bridgehead atoms. The Hall–Kier alpha value is -3.41. The van der Waals surface area contributed by atoms with Crippen LogP contribution >= 0.6 is 0 Å². The number of alkyl halides is 3. The lowest BCUT2D eigenvalue weighted by atomic mass is 9.93. The number of halogens is 3. The molecule has 1 aromatic heterocycles. The van der Waals surface area contributed by atoms with Crippen molar-refractivity contribution in [3.63, 3.8) is 0 Å². The molecule has 0 aliphatic carbocycles. The normalized spacial score (nSPS) is 15.6. The van der Waals surface area contributed by atoms with Crippen LogP contribution in [0.25, 0.3) is 17.2 Å². The second kappa shape index (κ2) is 8.76. The van der Waals surface area contributed by atoms with Gasteiger partial charge >= 0.3 is 6.18 Å². The van der Waals surface area contributed by atoms with Gasteiger partial charge in [0.2, 0.25) is 0 Å². The molecule has 0 unspecified atom stereocenters. The summed E-state index contributed by atoms with van der Waals surface area (Å²) in [6.45, 7) is 0.744. The molecule has 6 heteroatoms. The maximum absolute atomic E-state index is 13.6. The molecule has 2 heterocycles. The van der Waals surface area contributed by atoms with Crippen LogP contribution in [0.2, 0.25) is 0 Å². The van der Waals surface area contributed by atoms with Crippen LogP contribution in [-0.2, 0) is 6.18 Å². The number of methoxy groups -OCH3 is 1. The Morgan fingerprint density at radius 1 is 1.00 bits per heavy atom. The number of hydrogen-bond acceptors (Lipinski definition) is 3. The highest BCUT2D eigenvalue weighted by atomic mass is 19.4. The van der Waals surface area contributed by atoms with Crippen molar-refractivity contribution in [2.45, 2.75) is 19.0 Å². The lowest BCUT2D eigenvalue weighted by Crippen LogP contribution is -2.12. The Morgan fingerprint density at radius 3 is 2.58 bits per heavy atom. The molecule has 0 N–H and O–H groups in total. The van der Waals surface area contributed by atoms with Crippen LogP contribution < -0.4 is 4.74 Å². The molecule has 0 spiro atoms. The minimum absolute atomic E-state index is 0.0943. The molecule has 3 nitrogen and oxygen atoms in total. The van der Waals surface area contributed by atoms with E-state index in [4.69, 9.17) is 4.74 Å². The van der Waals surface area contributed by atoms with E-state index in [0.717, 1.165) is 47.9 Å². The first kappa shape index (κ1) is 20.8. The van der Waals surface area contributed by atoms with Gasteiger partial charge in [0.1, 0.15) is 5.75 Å². The number of rotatable bonds is 4.